The normalized spacial score (nSPS) is 16.4. The Balaban J connectivity index is 1.73. The molecule has 0 spiro atoms. The maximum absolute atomic E-state index is 13.0. The molecular formula is C20H24ClN5O3. The van der Waals surface area contributed by atoms with Crippen molar-refractivity contribution in [1.29, 1.82) is 0 Å². The van der Waals surface area contributed by atoms with Gasteiger partial charge in [0.1, 0.15) is 23.9 Å². The van der Waals surface area contributed by atoms with Crippen molar-refractivity contribution in [3.8, 4) is 5.75 Å². The second-order valence-corrected chi connectivity index (χ2v) is 7.46. The molecule has 1 fully saturated rings. The molecule has 29 heavy (non-hydrogen) atoms. The molecule has 154 valence electrons. The molecule has 2 aromatic rings. The van der Waals surface area contributed by atoms with Crippen molar-refractivity contribution in [2.24, 2.45) is 5.92 Å². The van der Waals surface area contributed by atoms with Crippen molar-refractivity contribution in [2.45, 2.75) is 26.8 Å². The zero-order chi connectivity index (χ0) is 21.0. The van der Waals surface area contributed by atoms with Crippen molar-refractivity contribution >= 4 is 35.2 Å². The monoisotopic (exact) mass is 417 g/mol. The summed E-state index contributed by atoms with van der Waals surface area (Å²) in [6, 6.07) is 6.34. The van der Waals surface area contributed by atoms with E-state index in [1.165, 1.54) is 6.20 Å². The zero-order valence-corrected chi connectivity index (χ0v) is 17.4. The van der Waals surface area contributed by atoms with Gasteiger partial charge in [-0.2, -0.15) is 0 Å². The minimum atomic E-state index is -0.333. The van der Waals surface area contributed by atoms with Crippen LogP contribution in [0.1, 0.15) is 20.8 Å². The predicted octanol–water partition coefficient (Wildman–Crippen LogP) is 3.43. The summed E-state index contributed by atoms with van der Waals surface area (Å²) in [5.41, 5.74) is 0. The highest BCUT2D eigenvalue weighted by Gasteiger charge is 2.40. The van der Waals surface area contributed by atoms with Gasteiger partial charge in [-0.15, -0.1) is 0 Å². The molecule has 3 amide bonds. The topological polar surface area (TPSA) is 87.7 Å². The SMILES string of the molecule is CCOc1ccc(N2C[C@H](C(C)C)N(CC(=O)Nc3cc(Cl)ccn3)C2=O)nc1. The number of hydrogen-bond acceptors (Lipinski definition) is 5. The fourth-order valence-electron chi connectivity index (χ4n) is 3.20. The van der Waals surface area contributed by atoms with E-state index in [1.807, 2.05) is 20.8 Å². The Morgan fingerprint density at radius 1 is 1.34 bits per heavy atom. The number of pyridine rings is 2. The van der Waals surface area contributed by atoms with Gasteiger partial charge in [0.05, 0.1) is 18.8 Å². The maximum atomic E-state index is 13.0. The van der Waals surface area contributed by atoms with Crippen molar-refractivity contribution in [1.82, 2.24) is 14.9 Å². The number of nitrogens with zero attached hydrogens (tertiary/aromatic N) is 4. The largest absolute Gasteiger partial charge is 0.492 e. The molecule has 8 nitrogen and oxygen atoms in total. The molecule has 1 atom stereocenters. The molecule has 3 rings (SSSR count). The van der Waals surface area contributed by atoms with E-state index in [4.69, 9.17) is 16.3 Å². The van der Waals surface area contributed by atoms with Gasteiger partial charge in [0.15, 0.2) is 0 Å². The molecule has 1 saturated heterocycles. The standard InChI is InChI=1S/C20H24ClN5O3/c1-4-29-15-5-6-18(23-10-15)26-11-16(13(2)3)25(20(26)28)12-19(27)24-17-9-14(21)7-8-22-17/h5-10,13,16H,4,11-12H2,1-3H3,(H,22,24,27)/t16-/m1/s1. The molecular weight excluding hydrogens is 394 g/mol. The third-order valence-corrected chi connectivity index (χ3v) is 4.86. The highest BCUT2D eigenvalue weighted by Crippen LogP contribution is 2.27. The van der Waals surface area contributed by atoms with Crippen LogP contribution in [0.4, 0.5) is 16.4 Å². The molecule has 0 saturated carbocycles. The molecule has 2 aromatic heterocycles. The van der Waals surface area contributed by atoms with E-state index in [0.717, 1.165) is 0 Å². The Bertz CT molecular complexity index is 875. The van der Waals surface area contributed by atoms with E-state index >= 15 is 0 Å². The highest BCUT2D eigenvalue weighted by molar-refractivity contribution is 6.30. The first-order valence-electron chi connectivity index (χ1n) is 9.47. The molecule has 0 aliphatic carbocycles. The first-order chi connectivity index (χ1) is 13.9. The van der Waals surface area contributed by atoms with Gasteiger partial charge in [0.25, 0.3) is 0 Å². The van der Waals surface area contributed by atoms with Crippen LogP contribution in [0, 0.1) is 5.92 Å². The molecule has 0 unspecified atom stereocenters. The lowest BCUT2D eigenvalue weighted by Gasteiger charge is -2.25. The number of carbonyl (C=O) groups is 2. The zero-order valence-electron chi connectivity index (χ0n) is 16.6. The Morgan fingerprint density at radius 2 is 2.14 bits per heavy atom. The van der Waals surface area contributed by atoms with Crippen LogP contribution in [0.3, 0.4) is 0 Å². The van der Waals surface area contributed by atoms with Crippen LogP contribution in [0.15, 0.2) is 36.7 Å². The van der Waals surface area contributed by atoms with Gasteiger partial charge in [-0.05, 0) is 37.1 Å². The summed E-state index contributed by atoms with van der Waals surface area (Å²) < 4.78 is 5.40. The molecule has 0 bridgehead atoms. The average Bonchev–Trinajstić information content (AvgIpc) is 2.99. The van der Waals surface area contributed by atoms with Crippen LogP contribution in [-0.4, -0.2) is 52.5 Å². The third kappa shape index (κ3) is 4.95. The molecule has 1 aliphatic heterocycles. The Labute approximate surface area is 174 Å². The third-order valence-electron chi connectivity index (χ3n) is 4.63. The molecule has 0 radical (unpaired) electrons. The maximum Gasteiger partial charge on any atom is 0.326 e. The lowest BCUT2D eigenvalue weighted by Crippen LogP contribution is -2.42. The van der Waals surface area contributed by atoms with Crippen LogP contribution in [0.25, 0.3) is 0 Å². The van der Waals surface area contributed by atoms with Crippen LogP contribution in [0.5, 0.6) is 5.75 Å². The molecule has 1 N–H and O–H groups in total. The van der Waals surface area contributed by atoms with E-state index in [2.05, 4.69) is 15.3 Å². The van der Waals surface area contributed by atoms with Gasteiger partial charge in [-0.25, -0.2) is 14.8 Å². The van der Waals surface area contributed by atoms with Gasteiger partial charge in [-0.1, -0.05) is 25.4 Å². The van der Waals surface area contributed by atoms with Crippen molar-refractivity contribution < 1.29 is 14.3 Å². The van der Waals surface area contributed by atoms with Crippen LogP contribution >= 0.6 is 11.6 Å². The first-order valence-corrected chi connectivity index (χ1v) is 9.85. The van der Waals surface area contributed by atoms with E-state index in [9.17, 15) is 9.59 Å². The Hall–Kier alpha value is -2.87. The molecule has 0 aromatic carbocycles. The van der Waals surface area contributed by atoms with Gasteiger partial charge < -0.3 is 15.0 Å². The summed E-state index contributed by atoms with van der Waals surface area (Å²) in [4.78, 5) is 37.1. The quantitative estimate of drug-likeness (QED) is 0.745. The number of aromatic nitrogens is 2. The summed E-state index contributed by atoms with van der Waals surface area (Å²) in [6.45, 7) is 6.87. The second-order valence-electron chi connectivity index (χ2n) is 7.03. The minimum absolute atomic E-state index is 0.0800. The van der Waals surface area contributed by atoms with Crippen LogP contribution < -0.4 is 15.0 Å². The smallest absolute Gasteiger partial charge is 0.326 e. The number of ether oxygens (including phenoxy) is 1. The summed E-state index contributed by atoms with van der Waals surface area (Å²) in [7, 11) is 0. The number of halogens is 1. The highest BCUT2D eigenvalue weighted by atomic mass is 35.5. The number of hydrogen-bond donors (Lipinski definition) is 1. The average molecular weight is 418 g/mol. The Morgan fingerprint density at radius 3 is 2.76 bits per heavy atom. The van der Waals surface area contributed by atoms with Crippen LogP contribution in [0.2, 0.25) is 5.02 Å². The fraction of sp³-hybridized carbons (Fsp3) is 0.400. The summed E-state index contributed by atoms with van der Waals surface area (Å²) in [6.07, 6.45) is 3.10. The summed E-state index contributed by atoms with van der Waals surface area (Å²) in [5.74, 6) is 1.36. The summed E-state index contributed by atoms with van der Waals surface area (Å²) in [5, 5.41) is 3.16. The lowest BCUT2D eigenvalue weighted by molar-refractivity contribution is -0.117. The predicted molar refractivity (Wildman–Crippen MR) is 111 cm³/mol. The number of amides is 3. The van der Waals surface area contributed by atoms with E-state index in [0.29, 0.717) is 35.6 Å². The van der Waals surface area contributed by atoms with E-state index in [1.54, 1.807) is 40.3 Å². The number of urea groups is 1. The number of rotatable bonds is 7. The van der Waals surface area contributed by atoms with Crippen molar-refractivity contribution in [3.63, 3.8) is 0 Å². The summed E-state index contributed by atoms with van der Waals surface area (Å²) >= 11 is 5.93. The minimum Gasteiger partial charge on any atom is -0.492 e. The lowest BCUT2D eigenvalue weighted by atomic mass is 10.0. The van der Waals surface area contributed by atoms with Crippen LogP contribution in [-0.2, 0) is 4.79 Å². The van der Waals surface area contributed by atoms with Gasteiger partial charge in [0.2, 0.25) is 5.91 Å². The van der Waals surface area contributed by atoms with Crippen molar-refractivity contribution in [2.75, 3.05) is 29.9 Å². The number of anilines is 2. The van der Waals surface area contributed by atoms with Gasteiger partial charge in [-0.3, -0.25) is 9.69 Å². The molecule has 3 heterocycles. The molecule has 9 heteroatoms. The van der Waals surface area contributed by atoms with Crippen molar-refractivity contribution in [3.05, 3.63) is 41.7 Å². The molecule has 1 aliphatic rings. The Kier molecular flexibility index (Phi) is 6.53. The van der Waals surface area contributed by atoms with Gasteiger partial charge >= 0.3 is 6.03 Å². The first kappa shape index (κ1) is 20.9. The number of nitrogens with one attached hydrogen (secondary N) is 1. The van der Waals surface area contributed by atoms with E-state index in [-0.39, 0.29) is 30.4 Å². The van der Waals surface area contributed by atoms with E-state index < -0.39 is 0 Å². The fourth-order valence-corrected chi connectivity index (χ4v) is 3.36. The van der Waals surface area contributed by atoms with Gasteiger partial charge in [0, 0.05) is 17.8 Å². The number of carbonyl (C=O) groups excluding carboxylic acids is 2. The second kappa shape index (κ2) is 9.09.